The quantitative estimate of drug-likeness (QED) is 0.784. The highest BCUT2D eigenvalue weighted by atomic mass is 32.1. The maximum atomic E-state index is 12.7. The molecule has 0 aromatic carbocycles. The van der Waals surface area contributed by atoms with Crippen LogP contribution in [0.15, 0.2) is 0 Å². The van der Waals surface area contributed by atoms with Gasteiger partial charge in [0.1, 0.15) is 0 Å². The molecule has 1 N–H and O–H groups in total. The molecule has 0 unspecified atom stereocenters. The number of hydrogen-bond acceptors (Lipinski definition) is 5. The van der Waals surface area contributed by atoms with Gasteiger partial charge in [-0.05, 0) is 0 Å². The lowest BCUT2D eigenvalue weighted by Gasteiger charge is -2.15. The second-order valence-corrected chi connectivity index (χ2v) is 5.05. The van der Waals surface area contributed by atoms with E-state index in [2.05, 4.69) is 10.3 Å². The molecule has 0 aliphatic carbocycles. The van der Waals surface area contributed by atoms with Crippen molar-refractivity contribution < 1.29 is 22.3 Å². The number of rotatable bonds is 7. The molecular weight excluding hydrogens is 286 g/mol. The van der Waals surface area contributed by atoms with E-state index in [0.717, 1.165) is 0 Å². The van der Waals surface area contributed by atoms with Gasteiger partial charge in [0.2, 0.25) is 5.88 Å². The lowest BCUT2D eigenvalue weighted by molar-refractivity contribution is -0.125. The van der Waals surface area contributed by atoms with Crippen molar-refractivity contribution in [3.8, 4) is 5.88 Å². The monoisotopic (exact) mass is 301 g/mol. The van der Waals surface area contributed by atoms with Crippen molar-refractivity contribution in [1.29, 1.82) is 0 Å². The molecule has 4 nitrogen and oxygen atoms in total. The van der Waals surface area contributed by atoms with Crippen molar-refractivity contribution >= 4 is 16.5 Å². The molecule has 1 aromatic heterocycles. The molecule has 0 saturated carbocycles. The molecule has 0 radical (unpaired) electrons. The minimum atomic E-state index is -4.04. The lowest BCUT2D eigenvalue weighted by atomic mass is 10.3. The highest BCUT2D eigenvalue weighted by molar-refractivity contribution is 7.15. The van der Waals surface area contributed by atoms with Crippen LogP contribution >= 0.6 is 11.3 Å². The van der Waals surface area contributed by atoms with E-state index in [1.165, 1.54) is 18.4 Å². The fourth-order valence-corrected chi connectivity index (χ4v) is 2.13. The summed E-state index contributed by atoms with van der Waals surface area (Å²) in [6.07, 6.45) is -3.68. The molecule has 0 aliphatic heterocycles. The number of nitrogens with one attached hydrogen (secondary N) is 1. The second-order valence-electron chi connectivity index (χ2n) is 3.99. The molecule has 1 aromatic rings. The normalized spacial score (nSPS) is 12.0. The maximum absolute atomic E-state index is 12.7. The van der Waals surface area contributed by atoms with Crippen molar-refractivity contribution in [3.63, 3.8) is 0 Å². The predicted octanol–water partition coefficient (Wildman–Crippen LogP) is 2.21. The Morgan fingerprint density at radius 3 is 2.53 bits per heavy atom. The van der Waals surface area contributed by atoms with Gasteiger partial charge in [0.25, 0.3) is 0 Å². The molecular formula is C10H15F4N3OS. The highest BCUT2D eigenvalue weighted by Gasteiger charge is 2.40. The van der Waals surface area contributed by atoms with E-state index in [9.17, 15) is 17.6 Å². The van der Waals surface area contributed by atoms with Crippen molar-refractivity contribution in [2.45, 2.75) is 18.9 Å². The smallest absolute Gasteiger partial charge is 0.319 e. The van der Waals surface area contributed by atoms with Gasteiger partial charge in [-0.3, -0.25) is 0 Å². The van der Waals surface area contributed by atoms with E-state index in [0.29, 0.717) is 15.9 Å². The zero-order chi connectivity index (χ0) is 14.6. The summed E-state index contributed by atoms with van der Waals surface area (Å²) in [6.45, 7) is -1.10. The maximum Gasteiger partial charge on any atom is 0.319 e. The number of ether oxygens (including phenoxy) is 1. The standard InChI is InChI=1S/C10H15F4N3OS/c1-17(2)9-16-7(18-3)6(19-9)4-15-5-10(13,14)8(11)12/h8,15H,4-5H2,1-3H3. The SMILES string of the molecule is COc1nc(N(C)C)sc1CNCC(F)(F)C(F)F. The lowest BCUT2D eigenvalue weighted by Crippen LogP contribution is -2.38. The number of nitrogens with zero attached hydrogens (tertiary/aromatic N) is 2. The molecule has 0 saturated heterocycles. The van der Waals surface area contributed by atoms with E-state index in [4.69, 9.17) is 4.74 Å². The molecule has 0 bridgehead atoms. The van der Waals surface area contributed by atoms with Gasteiger partial charge in [0.05, 0.1) is 18.5 Å². The van der Waals surface area contributed by atoms with Gasteiger partial charge in [-0.2, -0.15) is 13.8 Å². The Morgan fingerprint density at radius 1 is 1.42 bits per heavy atom. The Kier molecular flexibility index (Phi) is 5.36. The third kappa shape index (κ3) is 4.20. The molecule has 0 atom stereocenters. The van der Waals surface area contributed by atoms with E-state index in [1.54, 1.807) is 19.0 Å². The zero-order valence-corrected chi connectivity index (χ0v) is 11.5. The van der Waals surface area contributed by atoms with E-state index in [-0.39, 0.29) is 6.54 Å². The number of hydrogen-bond donors (Lipinski definition) is 1. The molecule has 0 amide bonds. The molecule has 19 heavy (non-hydrogen) atoms. The van der Waals surface area contributed by atoms with Crippen molar-refractivity contribution in [2.24, 2.45) is 0 Å². The first-order valence-corrected chi connectivity index (χ1v) is 6.17. The third-order valence-electron chi connectivity index (χ3n) is 2.19. The van der Waals surface area contributed by atoms with Crippen LogP contribution in [-0.4, -0.2) is 45.1 Å². The van der Waals surface area contributed by atoms with Gasteiger partial charge in [-0.1, -0.05) is 11.3 Å². The molecule has 0 aliphatic rings. The van der Waals surface area contributed by atoms with Crippen molar-refractivity contribution in [1.82, 2.24) is 10.3 Å². The summed E-state index contributed by atoms with van der Waals surface area (Å²) >= 11 is 1.25. The van der Waals surface area contributed by atoms with Crippen LogP contribution in [0.3, 0.4) is 0 Å². The number of alkyl halides is 4. The average Bonchev–Trinajstić information content (AvgIpc) is 2.72. The number of aromatic nitrogens is 1. The molecule has 1 heterocycles. The van der Waals surface area contributed by atoms with Crippen LogP contribution in [0.2, 0.25) is 0 Å². The van der Waals surface area contributed by atoms with Crippen LogP contribution < -0.4 is 15.0 Å². The van der Waals surface area contributed by atoms with Crippen LogP contribution in [0.5, 0.6) is 5.88 Å². The van der Waals surface area contributed by atoms with Gasteiger partial charge in [0, 0.05) is 20.6 Å². The van der Waals surface area contributed by atoms with Crippen LogP contribution in [0.1, 0.15) is 4.88 Å². The van der Waals surface area contributed by atoms with E-state index in [1.807, 2.05) is 0 Å². The summed E-state index contributed by atoms with van der Waals surface area (Å²) < 4.78 is 54.3. The fraction of sp³-hybridized carbons (Fsp3) is 0.700. The number of halogens is 4. The first-order chi connectivity index (χ1) is 8.77. The fourth-order valence-electron chi connectivity index (χ4n) is 1.21. The Labute approximate surface area is 112 Å². The van der Waals surface area contributed by atoms with E-state index >= 15 is 0 Å². The zero-order valence-electron chi connectivity index (χ0n) is 10.7. The topological polar surface area (TPSA) is 37.4 Å². The summed E-state index contributed by atoms with van der Waals surface area (Å²) in [7, 11) is 4.96. The van der Waals surface area contributed by atoms with Crippen molar-refractivity contribution in [3.05, 3.63) is 4.88 Å². The first kappa shape index (κ1) is 16.0. The van der Waals surface area contributed by atoms with Gasteiger partial charge in [-0.15, -0.1) is 0 Å². The largest absolute Gasteiger partial charge is 0.480 e. The number of thiazole rings is 1. The van der Waals surface area contributed by atoms with Crippen LogP contribution in [-0.2, 0) is 6.54 Å². The summed E-state index contributed by atoms with van der Waals surface area (Å²) in [5.41, 5.74) is 0. The first-order valence-electron chi connectivity index (χ1n) is 5.35. The number of anilines is 1. The van der Waals surface area contributed by atoms with Gasteiger partial charge in [-0.25, -0.2) is 8.78 Å². The molecule has 9 heteroatoms. The Balaban J connectivity index is 2.62. The van der Waals surface area contributed by atoms with Crippen LogP contribution in [0.25, 0.3) is 0 Å². The Hall–Kier alpha value is -1.09. The number of methoxy groups -OCH3 is 1. The van der Waals surface area contributed by atoms with Gasteiger partial charge < -0.3 is 15.0 Å². The summed E-state index contributed by atoms with van der Waals surface area (Å²) in [4.78, 5) is 6.45. The molecule has 0 spiro atoms. The minimum Gasteiger partial charge on any atom is -0.480 e. The predicted molar refractivity (Wildman–Crippen MR) is 65.7 cm³/mol. The van der Waals surface area contributed by atoms with Gasteiger partial charge in [0.15, 0.2) is 5.13 Å². The summed E-state index contributed by atoms with van der Waals surface area (Å²) in [5, 5.41) is 2.94. The Bertz CT molecular complexity index is 411. The second kappa shape index (κ2) is 6.38. The van der Waals surface area contributed by atoms with Crippen molar-refractivity contribution in [2.75, 3.05) is 32.6 Å². The highest BCUT2D eigenvalue weighted by Crippen LogP contribution is 2.30. The Morgan fingerprint density at radius 2 is 2.05 bits per heavy atom. The van der Waals surface area contributed by atoms with Crippen LogP contribution in [0, 0.1) is 0 Å². The minimum absolute atomic E-state index is 0.00299. The molecule has 110 valence electrons. The summed E-state index contributed by atoms with van der Waals surface area (Å²) in [6, 6.07) is 0. The van der Waals surface area contributed by atoms with E-state index < -0.39 is 18.9 Å². The van der Waals surface area contributed by atoms with Crippen LogP contribution in [0.4, 0.5) is 22.7 Å². The summed E-state index contributed by atoms with van der Waals surface area (Å²) in [5.74, 6) is -3.73. The molecule has 1 rings (SSSR count). The van der Waals surface area contributed by atoms with Gasteiger partial charge >= 0.3 is 12.3 Å². The molecule has 0 fully saturated rings. The third-order valence-corrected chi connectivity index (χ3v) is 3.40. The average molecular weight is 301 g/mol.